The quantitative estimate of drug-likeness (QED) is 0.284. The van der Waals surface area contributed by atoms with Crippen LogP contribution in [0, 0.1) is 18.0 Å². The van der Waals surface area contributed by atoms with Gasteiger partial charge in [-0.1, -0.05) is 99.1 Å². The predicted octanol–water partition coefficient (Wildman–Crippen LogP) is 6.66. The van der Waals surface area contributed by atoms with Crippen molar-refractivity contribution in [3.8, 4) is 0 Å². The second-order valence-electron chi connectivity index (χ2n) is 7.32. The molecule has 0 radical (unpaired) electrons. The van der Waals surface area contributed by atoms with Crippen molar-refractivity contribution < 1.29 is 0 Å². The van der Waals surface area contributed by atoms with Gasteiger partial charge >= 0.3 is 0 Å². The van der Waals surface area contributed by atoms with Crippen LogP contribution in [-0.2, 0) is 6.42 Å². The monoisotopic (exact) mass is 339 g/mol. The van der Waals surface area contributed by atoms with Crippen molar-refractivity contribution in [2.24, 2.45) is 21.8 Å². The normalized spacial score (nSPS) is 15.7. The second kappa shape index (κ2) is 11.9. The summed E-state index contributed by atoms with van der Waals surface area (Å²) >= 11 is 0. The molecule has 25 heavy (non-hydrogen) atoms. The fourth-order valence-electron chi connectivity index (χ4n) is 3.83. The number of hydrogen-bond donors (Lipinski definition) is 0. The molecule has 2 unspecified atom stereocenters. The summed E-state index contributed by atoms with van der Waals surface area (Å²) in [5.74, 6) is 1.15. The molecular formula is C23H35N2+. The summed E-state index contributed by atoms with van der Waals surface area (Å²) in [6, 6.07) is 11.0. The van der Waals surface area contributed by atoms with E-state index in [4.69, 9.17) is 0 Å². The third-order valence-corrected chi connectivity index (χ3v) is 5.27. The first-order valence-electron chi connectivity index (χ1n) is 10.3. The zero-order valence-electron chi connectivity index (χ0n) is 16.2. The van der Waals surface area contributed by atoms with Crippen LogP contribution in [0.4, 0.5) is 0 Å². The Kier molecular flexibility index (Phi) is 9.40. The minimum absolute atomic E-state index is 0.504. The molecule has 1 aromatic rings. The Balaban J connectivity index is 2.05. The molecule has 2 rings (SSSR count). The van der Waals surface area contributed by atoms with Crippen molar-refractivity contribution in [3.05, 3.63) is 42.1 Å². The minimum atomic E-state index is 0.504. The molecule has 1 aromatic carbocycles. The van der Waals surface area contributed by atoms with E-state index in [9.17, 15) is 0 Å². The number of benzene rings is 1. The number of hydrogen-bond acceptors (Lipinski definition) is 2. The number of unbranched alkanes of at least 4 members (excludes halogenated alkanes) is 5. The first-order valence-corrected chi connectivity index (χ1v) is 10.3. The Morgan fingerprint density at radius 3 is 2.12 bits per heavy atom. The summed E-state index contributed by atoms with van der Waals surface area (Å²) in [6.45, 7) is 4.56. The zero-order valence-corrected chi connectivity index (χ0v) is 16.2. The maximum atomic E-state index is 4.60. The number of nitrogens with zero attached hydrogens (tertiary/aromatic N) is 2. The third kappa shape index (κ3) is 7.05. The molecule has 2 heteroatoms. The second-order valence-corrected chi connectivity index (χ2v) is 7.32. The van der Waals surface area contributed by atoms with Crippen LogP contribution < -0.4 is 0 Å². The van der Waals surface area contributed by atoms with Crippen LogP contribution in [0.3, 0.4) is 0 Å². The Morgan fingerprint density at radius 1 is 0.800 bits per heavy atom. The molecule has 0 aliphatic carbocycles. The molecule has 2 nitrogen and oxygen atoms in total. The van der Waals surface area contributed by atoms with Crippen molar-refractivity contribution in [2.75, 3.05) is 0 Å². The van der Waals surface area contributed by atoms with Crippen molar-refractivity contribution in [1.82, 2.24) is 0 Å². The average molecular weight is 340 g/mol. The highest BCUT2D eigenvalue weighted by Crippen LogP contribution is 2.36. The van der Waals surface area contributed by atoms with E-state index in [1.165, 1.54) is 63.4 Å². The standard InChI is InChI=1S/C23H35N2/c1-3-5-7-12-16-22(23-24-17-18-25-23)21(15-9-6-4-2)19-20-13-10-8-11-14-20/h8,10-11,13-14,17-18,21-22H,3-7,9,12,15-16,19H2,1-2H3/q+1. The van der Waals surface area contributed by atoms with Gasteiger partial charge in [-0.25, -0.2) is 0 Å². The Labute approximate surface area is 154 Å². The van der Waals surface area contributed by atoms with Gasteiger partial charge in [0.1, 0.15) is 0 Å². The lowest BCUT2D eigenvalue weighted by atomic mass is 9.78. The molecule has 1 aliphatic rings. The predicted molar refractivity (Wildman–Crippen MR) is 110 cm³/mol. The van der Waals surface area contributed by atoms with Crippen LogP contribution in [0.2, 0.25) is 0 Å². The molecule has 1 aliphatic heterocycles. The molecule has 136 valence electrons. The Bertz CT molecular complexity index is 494. The summed E-state index contributed by atoms with van der Waals surface area (Å²) in [5.41, 5.74) is 1.45. The lowest BCUT2D eigenvalue weighted by molar-refractivity contribution is 0.285. The highest BCUT2D eigenvalue weighted by atomic mass is 15.0. The van der Waals surface area contributed by atoms with Crippen LogP contribution in [0.25, 0.3) is 0 Å². The van der Waals surface area contributed by atoms with Gasteiger partial charge in [0.15, 0.2) is 12.4 Å². The molecule has 1 heterocycles. The summed E-state index contributed by atoms with van der Waals surface area (Å²) in [6.07, 6.45) is 17.7. The van der Waals surface area contributed by atoms with Gasteiger partial charge < -0.3 is 0 Å². The molecule has 0 spiro atoms. The molecule has 2 atom stereocenters. The van der Waals surface area contributed by atoms with Crippen LogP contribution in [0.1, 0.15) is 77.2 Å². The fraction of sp³-hybridized carbons (Fsp3) is 0.609. The lowest BCUT2D eigenvalue weighted by Crippen LogP contribution is -2.22. The topological polar surface area (TPSA) is 24.7 Å². The Morgan fingerprint density at radius 2 is 1.44 bits per heavy atom. The minimum Gasteiger partial charge on any atom is -0.0965 e. The number of rotatable bonds is 13. The third-order valence-electron chi connectivity index (χ3n) is 5.27. The summed E-state index contributed by atoms with van der Waals surface area (Å²) in [4.78, 5) is 9.19. The van der Waals surface area contributed by atoms with E-state index >= 15 is 0 Å². The van der Waals surface area contributed by atoms with E-state index in [0.717, 1.165) is 12.6 Å². The van der Waals surface area contributed by atoms with Crippen molar-refractivity contribution in [3.63, 3.8) is 0 Å². The molecule has 0 saturated heterocycles. The lowest BCUT2D eigenvalue weighted by Gasteiger charge is -2.26. The van der Waals surface area contributed by atoms with Gasteiger partial charge in [-0.15, -0.1) is 0 Å². The van der Waals surface area contributed by atoms with Crippen molar-refractivity contribution in [1.29, 1.82) is 0 Å². The molecule has 0 N–H and O–H groups in total. The molecule has 0 amide bonds. The van der Waals surface area contributed by atoms with E-state index in [0.29, 0.717) is 11.8 Å². The van der Waals surface area contributed by atoms with Crippen LogP contribution in [0.5, 0.6) is 0 Å². The maximum Gasteiger partial charge on any atom is 0.244 e. The van der Waals surface area contributed by atoms with E-state index in [1.807, 2.05) is 12.4 Å². The Hall–Kier alpha value is -1.57. The first kappa shape index (κ1) is 19.8. The van der Waals surface area contributed by atoms with Gasteiger partial charge in [0.25, 0.3) is 0 Å². The average Bonchev–Trinajstić information content (AvgIpc) is 3.16. The van der Waals surface area contributed by atoms with Crippen LogP contribution in [0.15, 0.2) is 40.3 Å². The smallest absolute Gasteiger partial charge is 0.0965 e. The highest BCUT2D eigenvalue weighted by Gasteiger charge is 2.35. The summed E-state index contributed by atoms with van der Waals surface area (Å²) in [5, 5.41) is 0. The molecular weight excluding hydrogens is 304 g/mol. The van der Waals surface area contributed by atoms with Gasteiger partial charge in [0.05, 0.1) is 5.92 Å². The van der Waals surface area contributed by atoms with E-state index in [1.54, 1.807) is 0 Å². The van der Waals surface area contributed by atoms with Gasteiger partial charge in [-0.3, -0.25) is 0 Å². The van der Waals surface area contributed by atoms with Crippen LogP contribution in [-0.4, -0.2) is 12.4 Å². The highest BCUT2D eigenvalue weighted by molar-refractivity contribution is 6.18. The van der Waals surface area contributed by atoms with Crippen molar-refractivity contribution in [2.45, 2.75) is 78.1 Å². The van der Waals surface area contributed by atoms with E-state index in [-0.39, 0.29) is 0 Å². The van der Waals surface area contributed by atoms with Crippen molar-refractivity contribution >= 4 is 12.4 Å². The zero-order chi connectivity index (χ0) is 17.7. The van der Waals surface area contributed by atoms with Gasteiger partial charge in [0, 0.05) is 0 Å². The number of aliphatic imine (C=N–C) groups is 2. The largest absolute Gasteiger partial charge is 0.244 e. The van der Waals surface area contributed by atoms with Crippen LogP contribution >= 0.6 is 0 Å². The summed E-state index contributed by atoms with van der Waals surface area (Å²) in [7, 11) is 0. The SMILES string of the molecule is CCCCCCC([C+]1N=CC=N1)C(CCCCC)Cc1ccccc1. The van der Waals surface area contributed by atoms with Gasteiger partial charge in [-0.05, 0) is 30.7 Å². The fourth-order valence-corrected chi connectivity index (χ4v) is 3.83. The molecule has 0 bridgehead atoms. The maximum absolute atomic E-state index is 4.60. The summed E-state index contributed by atoms with van der Waals surface area (Å²) < 4.78 is 0. The molecule has 0 saturated carbocycles. The van der Waals surface area contributed by atoms with Gasteiger partial charge in [-0.2, -0.15) is 0 Å². The van der Waals surface area contributed by atoms with E-state index in [2.05, 4.69) is 54.2 Å². The molecule has 0 aromatic heterocycles. The molecule has 0 fully saturated rings. The van der Waals surface area contributed by atoms with E-state index < -0.39 is 0 Å². The first-order chi connectivity index (χ1) is 12.3. The van der Waals surface area contributed by atoms with Gasteiger partial charge in [0.2, 0.25) is 6.17 Å².